The third-order valence-electron chi connectivity index (χ3n) is 3.75. The number of methoxy groups -OCH3 is 1. The third kappa shape index (κ3) is 3.99. The number of rotatable bonds is 4. The van der Waals surface area contributed by atoms with Gasteiger partial charge in [0, 0.05) is 32.2 Å². The minimum absolute atomic E-state index is 0.694. The van der Waals surface area contributed by atoms with Gasteiger partial charge in [-0.15, -0.1) is 0 Å². The molecule has 1 aromatic heterocycles. The van der Waals surface area contributed by atoms with E-state index in [1.54, 1.807) is 7.11 Å². The van der Waals surface area contributed by atoms with Crippen LogP contribution in [0, 0.1) is 0 Å². The van der Waals surface area contributed by atoms with E-state index in [0.29, 0.717) is 5.95 Å². The summed E-state index contributed by atoms with van der Waals surface area (Å²) in [5.74, 6) is 2.41. The number of hydrogen-bond acceptors (Lipinski definition) is 5. The number of hydrogen-bond donors (Lipinski definition) is 0. The van der Waals surface area contributed by atoms with E-state index in [1.807, 2.05) is 88.4 Å². The van der Waals surface area contributed by atoms with Gasteiger partial charge in [0.25, 0.3) is 0 Å². The Morgan fingerprint density at radius 3 is 2.08 bits per heavy atom. The van der Waals surface area contributed by atoms with Crippen LogP contribution in [0.3, 0.4) is 0 Å². The van der Waals surface area contributed by atoms with Crippen molar-refractivity contribution in [1.29, 1.82) is 0 Å². The minimum Gasteiger partial charge on any atom is -0.497 e. The van der Waals surface area contributed by atoms with Gasteiger partial charge < -0.3 is 14.5 Å². The van der Waals surface area contributed by atoms with Gasteiger partial charge in [-0.25, -0.2) is 4.98 Å². The smallest absolute Gasteiger partial charge is 0.227 e. The minimum atomic E-state index is 0.694. The van der Waals surface area contributed by atoms with Crippen LogP contribution >= 0.6 is 0 Å². The van der Waals surface area contributed by atoms with Crippen molar-refractivity contribution in [3.8, 4) is 5.75 Å². The van der Waals surface area contributed by atoms with E-state index in [-0.39, 0.29) is 0 Å². The molecule has 1 heterocycles. The van der Waals surface area contributed by atoms with E-state index in [2.05, 4.69) is 9.88 Å². The Kier molecular flexibility index (Phi) is 6.17. The fourth-order valence-electron chi connectivity index (χ4n) is 2.43. The highest BCUT2D eigenvalue weighted by Crippen LogP contribution is 2.30. The van der Waals surface area contributed by atoms with Crippen molar-refractivity contribution in [3.05, 3.63) is 48.5 Å². The van der Waals surface area contributed by atoms with Crippen LogP contribution in [-0.2, 0) is 0 Å². The molecule has 0 aliphatic carbocycles. The molecule has 5 heteroatoms. The Labute approximate surface area is 149 Å². The van der Waals surface area contributed by atoms with Crippen molar-refractivity contribution < 1.29 is 4.74 Å². The Balaban J connectivity index is 0.00000109. The molecule has 0 saturated heterocycles. The number of nitrogens with zero attached hydrogens (tertiary/aromatic N) is 4. The van der Waals surface area contributed by atoms with Crippen LogP contribution in [0.4, 0.5) is 17.5 Å². The van der Waals surface area contributed by atoms with Crippen molar-refractivity contribution in [2.75, 3.05) is 38.1 Å². The van der Waals surface area contributed by atoms with Crippen molar-refractivity contribution in [2.45, 2.75) is 13.8 Å². The molecule has 0 aliphatic heterocycles. The van der Waals surface area contributed by atoms with Crippen LogP contribution in [-0.4, -0.2) is 38.2 Å². The van der Waals surface area contributed by atoms with Crippen molar-refractivity contribution in [2.24, 2.45) is 0 Å². The Hall–Kier alpha value is -2.82. The summed E-state index contributed by atoms with van der Waals surface area (Å²) in [6.45, 7) is 4.00. The summed E-state index contributed by atoms with van der Waals surface area (Å²) in [7, 11) is 7.57. The molecule has 0 bridgehead atoms. The summed E-state index contributed by atoms with van der Waals surface area (Å²) in [4.78, 5) is 13.3. The predicted molar refractivity (Wildman–Crippen MR) is 106 cm³/mol. The van der Waals surface area contributed by atoms with Crippen LogP contribution in [0.25, 0.3) is 10.9 Å². The summed E-state index contributed by atoms with van der Waals surface area (Å²) in [6, 6.07) is 16.0. The van der Waals surface area contributed by atoms with Gasteiger partial charge in [-0.1, -0.05) is 26.0 Å². The average molecular weight is 338 g/mol. The maximum atomic E-state index is 5.22. The lowest BCUT2D eigenvalue weighted by molar-refractivity contribution is 0.415. The van der Waals surface area contributed by atoms with E-state index in [1.165, 1.54) is 0 Å². The first-order valence-corrected chi connectivity index (χ1v) is 8.42. The quantitative estimate of drug-likeness (QED) is 0.700. The van der Waals surface area contributed by atoms with Crippen molar-refractivity contribution >= 4 is 28.4 Å². The number of para-hydroxylation sites is 1. The second kappa shape index (κ2) is 8.33. The van der Waals surface area contributed by atoms with Gasteiger partial charge >= 0.3 is 0 Å². The van der Waals surface area contributed by atoms with Crippen LogP contribution in [0.2, 0.25) is 0 Å². The summed E-state index contributed by atoms with van der Waals surface area (Å²) in [5, 5.41) is 1.02. The molecule has 0 aliphatic rings. The molecular formula is C20H26N4O. The van der Waals surface area contributed by atoms with Crippen molar-refractivity contribution in [1.82, 2.24) is 9.97 Å². The largest absolute Gasteiger partial charge is 0.497 e. The van der Waals surface area contributed by atoms with Crippen LogP contribution in [0.1, 0.15) is 13.8 Å². The molecule has 0 radical (unpaired) electrons. The van der Waals surface area contributed by atoms with Gasteiger partial charge in [0.1, 0.15) is 11.6 Å². The SMILES string of the molecule is CC.COc1ccc(N(C)c2nc(N(C)C)nc3ccccc23)cc1. The number of benzene rings is 2. The fraction of sp³-hybridized carbons (Fsp3) is 0.300. The van der Waals surface area contributed by atoms with Gasteiger partial charge in [0.15, 0.2) is 0 Å². The normalized spacial score (nSPS) is 10.0. The highest BCUT2D eigenvalue weighted by molar-refractivity contribution is 5.92. The standard InChI is InChI=1S/C18H20N4O.C2H6/c1-21(2)18-19-16-8-6-5-7-15(16)17(20-18)22(3)13-9-11-14(23-4)12-10-13;1-2/h5-12H,1-4H3;1-2H3. The molecule has 25 heavy (non-hydrogen) atoms. The highest BCUT2D eigenvalue weighted by Gasteiger charge is 2.14. The first-order valence-electron chi connectivity index (χ1n) is 8.42. The van der Waals surface area contributed by atoms with Gasteiger partial charge in [0.05, 0.1) is 12.6 Å². The Morgan fingerprint density at radius 2 is 1.48 bits per heavy atom. The summed E-state index contributed by atoms with van der Waals surface area (Å²) in [6.07, 6.45) is 0. The van der Waals surface area contributed by atoms with E-state index >= 15 is 0 Å². The van der Waals surface area contributed by atoms with Crippen LogP contribution in [0.5, 0.6) is 5.75 Å². The van der Waals surface area contributed by atoms with E-state index < -0.39 is 0 Å². The van der Waals surface area contributed by atoms with Gasteiger partial charge in [-0.05, 0) is 36.4 Å². The topological polar surface area (TPSA) is 41.5 Å². The van der Waals surface area contributed by atoms with Gasteiger partial charge in [-0.2, -0.15) is 4.98 Å². The zero-order valence-electron chi connectivity index (χ0n) is 15.8. The van der Waals surface area contributed by atoms with Gasteiger partial charge in [-0.3, -0.25) is 0 Å². The molecule has 0 spiro atoms. The second-order valence-electron chi connectivity index (χ2n) is 5.52. The molecule has 0 unspecified atom stereocenters. The maximum Gasteiger partial charge on any atom is 0.227 e. The lowest BCUT2D eigenvalue weighted by Gasteiger charge is -2.22. The Bertz CT molecular complexity index is 816. The molecule has 3 aromatic rings. The molecule has 0 atom stereocenters. The molecule has 132 valence electrons. The Morgan fingerprint density at radius 1 is 0.840 bits per heavy atom. The van der Waals surface area contributed by atoms with Crippen LogP contribution < -0.4 is 14.5 Å². The lowest BCUT2D eigenvalue weighted by atomic mass is 10.2. The zero-order chi connectivity index (χ0) is 18.4. The predicted octanol–water partition coefficient (Wildman–Crippen LogP) is 4.50. The molecule has 0 fully saturated rings. The van der Waals surface area contributed by atoms with E-state index in [4.69, 9.17) is 9.72 Å². The number of ether oxygens (including phenoxy) is 1. The summed E-state index contributed by atoms with van der Waals surface area (Å²) in [5.41, 5.74) is 1.97. The maximum absolute atomic E-state index is 5.22. The molecule has 3 rings (SSSR count). The van der Waals surface area contributed by atoms with E-state index in [9.17, 15) is 0 Å². The number of aromatic nitrogens is 2. The molecule has 5 nitrogen and oxygen atoms in total. The number of anilines is 3. The first kappa shape index (κ1) is 18.5. The molecule has 0 N–H and O–H groups in total. The first-order chi connectivity index (χ1) is 12.1. The summed E-state index contributed by atoms with van der Waals surface area (Å²) >= 11 is 0. The van der Waals surface area contributed by atoms with Crippen molar-refractivity contribution in [3.63, 3.8) is 0 Å². The van der Waals surface area contributed by atoms with Gasteiger partial charge in [0.2, 0.25) is 5.95 Å². The monoisotopic (exact) mass is 338 g/mol. The average Bonchev–Trinajstić information content (AvgIpc) is 2.68. The lowest BCUT2D eigenvalue weighted by Crippen LogP contribution is -2.17. The third-order valence-corrected chi connectivity index (χ3v) is 3.75. The van der Waals surface area contributed by atoms with E-state index in [0.717, 1.165) is 28.2 Å². The second-order valence-corrected chi connectivity index (χ2v) is 5.52. The fourth-order valence-corrected chi connectivity index (χ4v) is 2.43. The molecule has 0 saturated carbocycles. The molecule has 0 amide bonds. The molecule has 2 aromatic carbocycles. The number of fused-ring (bicyclic) bond motifs is 1. The summed E-state index contributed by atoms with van der Waals surface area (Å²) < 4.78 is 5.22. The molecular weight excluding hydrogens is 312 g/mol. The zero-order valence-corrected chi connectivity index (χ0v) is 15.8. The van der Waals surface area contributed by atoms with Crippen LogP contribution in [0.15, 0.2) is 48.5 Å². The highest BCUT2D eigenvalue weighted by atomic mass is 16.5.